The quantitative estimate of drug-likeness (QED) is 0.524. The van der Waals surface area contributed by atoms with Crippen LogP contribution in [0.5, 0.6) is 0 Å². The zero-order valence-electron chi connectivity index (χ0n) is 18.1. The maximum atomic E-state index is 12.8. The number of fused-ring (bicyclic) bond motifs is 1. The van der Waals surface area contributed by atoms with E-state index in [2.05, 4.69) is 45.3 Å². The summed E-state index contributed by atoms with van der Waals surface area (Å²) in [5.74, 6) is 0.671. The molecule has 7 heteroatoms. The Kier molecular flexibility index (Phi) is 5.93. The van der Waals surface area contributed by atoms with E-state index >= 15 is 0 Å². The highest BCUT2D eigenvalue weighted by molar-refractivity contribution is 7.89. The van der Waals surface area contributed by atoms with Crippen molar-refractivity contribution in [1.82, 2.24) is 8.87 Å². The van der Waals surface area contributed by atoms with Crippen LogP contribution in [0.2, 0.25) is 0 Å². The lowest BCUT2D eigenvalue weighted by Gasteiger charge is -2.31. The number of aryl methyl sites for hydroxylation is 1. The van der Waals surface area contributed by atoms with Gasteiger partial charge in [0.1, 0.15) is 0 Å². The number of sulfonamides is 1. The van der Waals surface area contributed by atoms with Gasteiger partial charge in [-0.15, -0.1) is 0 Å². The number of benzene rings is 2. The van der Waals surface area contributed by atoms with E-state index in [0.29, 0.717) is 32.0 Å². The van der Waals surface area contributed by atoms with E-state index in [9.17, 15) is 8.42 Å². The second kappa shape index (κ2) is 9.00. The number of hydrogen-bond acceptors (Lipinski definition) is 4. The number of piperidine rings is 1. The summed E-state index contributed by atoms with van der Waals surface area (Å²) < 4.78 is 29.6. The van der Waals surface area contributed by atoms with Crippen molar-refractivity contribution in [3.63, 3.8) is 0 Å². The Morgan fingerprint density at radius 3 is 2.56 bits per heavy atom. The zero-order valence-corrected chi connectivity index (χ0v) is 18.9. The normalized spacial score (nSPS) is 17.8. The molecular formula is C25H28N4O2S. The van der Waals surface area contributed by atoms with Crippen molar-refractivity contribution in [3.05, 3.63) is 78.1 Å². The van der Waals surface area contributed by atoms with Gasteiger partial charge in [-0.2, -0.15) is 10.2 Å². The molecule has 2 aromatic carbocycles. The lowest BCUT2D eigenvalue weighted by Crippen LogP contribution is -2.40. The van der Waals surface area contributed by atoms with Gasteiger partial charge in [0, 0.05) is 42.3 Å². The van der Waals surface area contributed by atoms with E-state index in [1.54, 1.807) is 4.31 Å². The van der Waals surface area contributed by atoms with Gasteiger partial charge in [0.05, 0.1) is 18.5 Å². The van der Waals surface area contributed by atoms with Crippen LogP contribution in [0.1, 0.15) is 24.0 Å². The van der Waals surface area contributed by atoms with Crippen LogP contribution in [0, 0.1) is 5.92 Å². The van der Waals surface area contributed by atoms with Gasteiger partial charge in [-0.3, -0.25) is 0 Å². The largest absolute Gasteiger partial charge is 0.347 e. The van der Waals surface area contributed by atoms with Crippen LogP contribution in [0.4, 0.5) is 0 Å². The average molecular weight is 449 g/mol. The fourth-order valence-electron chi connectivity index (χ4n) is 4.66. The van der Waals surface area contributed by atoms with Crippen molar-refractivity contribution < 1.29 is 8.42 Å². The predicted molar refractivity (Wildman–Crippen MR) is 128 cm³/mol. The first kappa shape index (κ1) is 21.1. The molecule has 0 amide bonds. The fourth-order valence-corrected chi connectivity index (χ4v) is 6.18. The Balaban J connectivity index is 1.18. The van der Waals surface area contributed by atoms with E-state index in [4.69, 9.17) is 0 Å². The second-order valence-corrected chi connectivity index (χ2v) is 10.8. The van der Waals surface area contributed by atoms with Gasteiger partial charge in [-0.1, -0.05) is 36.4 Å². The maximum absolute atomic E-state index is 12.8. The first-order valence-electron chi connectivity index (χ1n) is 11.3. The molecule has 0 radical (unpaired) electrons. The minimum atomic E-state index is -3.21. The minimum Gasteiger partial charge on any atom is -0.347 e. The molecule has 3 aromatic rings. The highest BCUT2D eigenvalue weighted by Gasteiger charge is 2.28. The number of nitrogens with zero attached hydrogens (tertiary/aromatic N) is 4. The first-order valence-corrected chi connectivity index (χ1v) is 12.9. The Morgan fingerprint density at radius 1 is 1.00 bits per heavy atom. The molecule has 0 aliphatic carbocycles. The molecule has 5 rings (SSSR count). The molecule has 2 aliphatic heterocycles. The van der Waals surface area contributed by atoms with Crippen LogP contribution in [-0.4, -0.2) is 42.7 Å². The molecule has 0 spiro atoms. The first-order chi connectivity index (χ1) is 15.6. The summed E-state index contributed by atoms with van der Waals surface area (Å²) in [4.78, 5) is 0. The minimum absolute atomic E-state index is 0.184. The van der Waals surface area contributed by atoms with Crippen molar-refractivity contribution >= 4 is 26.5 Å². The molecule has 166 valence electrons. The average Bonchev–Trinajstić information content (AvgIpc) is 3.49. The smallest absolute Gasteiger partial charge is 0.214 e. The number of rotatable bonds is 7. The molecule has 1 fully saturated rings. The van der Waals surface area contributed by atoms with E-state index < -0.39 is 10.0 Å². The van der Waals surface area contributed by atoms with Crippen LogP contribution < -0.4 is 0 Å². The third-order valence-corrected chi connectivity index (χ3v) is 8.46. The molecule has 0 N–H and O–H groups in total. The lowest BCUT2D eigenvalue weighted by atomic mass is 9.98. The third-order valence-electron chi connectivity index (χ3n) is 6.59. The predicted octanol–water partition coefficient (Wildman–Crippen LogP) is 4.73. The summed E-state index contributed by atoms with van der Waals surface area (Å²) in [6.45, 7) is 2.81. The molecule has 0 atom stereocenters. The highest BCUT2D eigenvalue weighted by Crippen LogP contribution is 2.27. The molecule has 0 unspecified atom stereocenters. The van der Waals surface area contributed by atoms with Crippen LogP contribution in [0.3, 0.4) is 0 Å². The van der Waals surface area contributed by atoms with E-state index in [-0.39, 0.29) is 5.75 Å². The van der Waals surface area contributed by atoms with Gasteiger partial charge in [0.25, 0.3) is 0 Å². The molecule has 32 heavy (non-hydrogen) atoms. The third kappa shape index (κ3) is 4.54. The van der Waals surface area contributed by atoms with Gasteiger partial charge in [-0.25, -0.2) is 12.7 Å². The van der Waals surface area contributed by atoms with Crippen molar-refractivity contribution in [2.24, 2.45) is 16.1 Å². The summed E-state index contributed by atoms with van der Waals surface area (Å²) in [7, 11) is -3.21. The van der Waals surface area contributed by atoms with Crippen LogP contribution in [-0.2, 0) is 23.0 Å². The molecule has 1 aromatic heterocycles. The number of azo groups is 1. The number of aromatic nitrogens is 1. The highest BCUT2D eigenvalue weighted by atomic mass is 32.2. The Hall–Kier alpha value is -2.77. The van der Waals surface area contributed by atoms with Gasteiger partial charge in [-0.05, 0) is 54.5 Å². The van der Waals surface area contributed by atoms with Crippen molar-refractivity contribution in [2.75, 3.05) is 25.4 Å². The van der Waals surface area contributed by atoms with Gasteiger partial charge < -0.3 is 4.57 Å². The summed E-state index contributed by atoms with van der Waals surface area (Å²) >= 11 is 0. The summed E-state index contributed by atoms with van der Waals surface area (Å²) in [5, 5.41) is 9.22. The summed E-state index contributed by atoms with van der Waals surface area (Å²) in [5.41, 5.74) is 4.62. The van der Waals surface area contributed by atoms with Crippen LogP contribution >= 0.6 is 0 Å². The lowest BCUT2D eigenvalue weighted by molar-refractivity contribution is 0.255. The second-order valence-electron chi connectivity index (χ2n) is 8.71. The standard InChI is InChI=1S/C25H28N4O2S/c30-32(31,15-11-20-4-2-1-3-5-20)29-13-8-21(9-14-29)19-28-12-10-23-16-22(6-7-25(23)28)24-17-26-27-18-24/h1-7,10,12,16-17,21H,8-9,11,13-15,18-19H2. The Morgan fingerprint density at radius 2 is 1.81 bits per heavy atom. The van der Waals surface area contributed by atoms with Crippen molar-refractivity contribution in [2.45, 2.75) is 25.8 Å². The van der Waals surface area contributed by atoms with Gasteiger partial charge in [0.2, 0.25) is 10.0 Å². The molecule has 6 nitrogen and oxygen atoms in total. The summed E-state index contributed by atoms with van der Waals surface area (Å²) in [6.07, 6.45) is 6.35. The van der Waals surface area contributed by atoms with E-state index in [0.717, 1.165) is 30.5 Å². The van der Waals surface area contributed by atoms with E-state index in [1.807, 2.05) is 36.5 Å². The van der Waals surface area contributed by atoms with Gasteiger partial charge >= 0.3 is 0 Å². The van der Waals surface area contributed by atoms with Crippen molar-refractivity contribution in [3.8, 4) is 0 Å². The monoisotopic (exact) mass is 448 g/mol. The SMILES string of the molecule is O=S(=O)(CCc1ccccc1)N1CCC(Cn2ccc3cc(C4=CN=NC4)ccc32)CC1. The van der Waals surface area contributed by atoms with Crippen LogP contribution in [0.15, 0.2) is 77.2 Å². The van der Waals surface area contributed by atoms with Crippen molar-refractivity contribution in [1.29, 1.82) is 0 Å². The summed E-state index contributed by atoms with van der Waals surface area (Å²) in [6, 6.07) is 18.5. The van der Waals surface area contributed by atoms with E-state index in [1.165, 1.54) is 16.5 Å². The molecule has 0 bridgehead atoms. The topological polar surface area (TPSA) is 67.0 Å². The molecular weight excluding hydrogens is 420 g/mol. The number of hydrogen-bond donors (Lipinski definition) is 0. The Labute approximate surface area is 189 Å². The molecule has 1 saturated heterocycles. The fraction of sp³-hybridized carbons (Fsp3) is 0.360. The van der Waals surface area contributed by atoms with Crippen LogP contribution in [0.25, 0.3) is 16.5 Å². The molecule has 3 heterocycles. The molecule has 0 saturated carbocycles. The van der Waals surface area contributed by atoms with Gasteiger partial charge in [0.15, 0.2) is 0 Å². The Bertz CT molecular complexity index is 1250. The maximum Gasteiger partial charge on any atom is 0.214 e. The molecule has 2 aliphatic rings. The zero-order chi connectivity index (χ0) is 22.0.